The molecule has 0 fully saturated rings. The van der Waals surface area contributed by atoms with Crippen molar-refractivity contribution >= 4 is 17.5 Å². The quantitative estimate of drug-likeness (QED) is 0.595. The van der Waals surface area contributed by atoms with Gasteiger partial charge in [-0.15, -0.1) is 10.2 Å². The number of anilines is 1. The molecule has 2 amide bonds. The van der Waals surface area contributed by atoms with Crippen LogP contribution in [0.2, 0.25) is 0 Å². The molecule has 2 aromatic heterocycles. The van der Waals surface area contributed by atoms with Crippen LogP contribution in [-0.2, 0) is 0 Å². The fourth-order valence-electron chi connectivity index (χ4n) is 1.27. The molecule has 0 saturated carbocycles. The van der Waals surface area contributed by atoms with Gasteiger partial charge in [0.25, 0.3) is 11.8 Å². The Labute approximate surface area is 101 Å². The van der Waals surface area contributed by atoms with Crippen LogP contribution in [0.5, 0.6) is 0 Å². The van der Waals surface area contributed by atoms with Crippen molar-refractivity contribution < 1.29 is 9.59 Å². The van der Waals surface area contributed by atoms with Crippen LogP contribution in [0, 0.1) is 0 Å². The Morgan fingerprint density at radius 2 is 1.83 bits per heavy atom. The van der Waals surface area contributed by atoms with Crippen LogP contribution in [0.15, 0.2) is 18.3 Å². The molecule has 9 heteroatoms. The molecule has 0 spiro atoms. The lowest BCUT2D eigenvalue weighted by atomic mass is 10.3. The number of primary amides is 2. The Morgan fingerprint density at radius 3 is 2.28 bits per heavy atom. The highest BCUT2D eigenvalue weighted by molar-refractivity contribution is 5.95. The molecule has 9 nitrogen and oxygen atoms in total. The summed E-state index contributed by atoms with van der Waals surface area (Å²) in [6, 6.07) is 2.84. The number of carbonyl (C=O) groups is 2. The molecule has 2 aromatic rings. The SMILES string of the molecule is NC(=O)c1ccc(-n2cc(N)c(C(N)=O)n2)nn1. The third kappa shape index (κ3) is 1.96. The number of hydrogen-bond donors (Lipinski definition) is 3. The van der Waals surface area contributed by atoms with Gasteiger partial charge in [0.2, 0.25) is 0 Å². The fourth-order valence-corrected chi connectivity index (χ4v) is 1.27. The van der Waals surface area contributed by atoms with Crippen molar-refractivity contribution in [1.82, 2.24) is 20.0 Å². The lowest BCUT2D eigenvalue weighted by Crippen LogP contribution is -2.15. The first-order valence-electron chi connectivity index (χ1n) is 4.78. The van der Waals surface area contributed by atoms with Crippen molar-refractivity contribution in [2.75, 3.05) is 5.73 Å². The Balaban J connectivity index is 2.40. The number of nitrogens with two attached hydrogens (primary N) is 3. The van der Waals surface area contributed by atoms with Crippen LogP contribution < -0.4 is 17.2 Å². The molecule has 0 saturated heterocycles. The van der Waals surface area contributed by atoms with Gasteiger partial charge < -0.3 is 17.2 Å². The van der Waals surface area contributed by atoms with Crippen LogP contribution in [0.1, 0.15) is 21.0 Å². The zero-order chi connectivity index (χ0) is 13.3. The van der Waals surface area contributed by atoms with Crippen LogP contribution in [0.25, 0.3) is 5.82 Å². The summed E-state index contributed by atoms with van der Waals surface area (Å²) in [5.41, 5.74) is 15.7. The van der Waals surface area contributed by atoms with Crippen molar-refractivity contribution in [2.45, 2.75) is 0 Å². The molecule has 6 N–H and O–H groups in total. The van der Waals surface area contributed by atoms with E-state index in [-0.39, 0.29) is 22.9 Å². The minimum Gasteiger partial charge on any atom is -0.396 e. The van der Waals surface area contributed by atoms with Crippen molar-refractivity contribution in [3.63, 3.8) is 0 Å². The third-order valence-electron chi connectivity index (χ3n) is 2.11. The van der Waals surface area contributed by atoms with Gasteiger partial charge in [-0.2, -0.15) is 5.10 Å². The fraction of sp³-hybridized carbons (Fsp3) is 0. The summed E-state index contributed by atoms with van der Waals surface area (Å²) in [5.74, 6) is -1.15. The molecule has 2 heterocycles. The molecule has 0 aromatic carbocycles. The van der Waals surface area contributed by atoms with Crippen molar-refractivity contribution in [2.24, 2.45) is 11.5 Å². The average Bonchev–Trinajstić information content (AvgIpc) is 2.71. The van der Waals surface area contributed by atoms with E-state index in [1.54, 1.807) is 0 Å². The number of rotatable bonds is 3. The van der Waals surface area contributed by atoms with E-state index in [0.29, 0.717) is 0 Å². The summed E-state index contributed by atoms with van der Waals surface area (Å²) in [7, 11) is 0. The molecule has 0 unspecified atom stereocenters. The van der Waals surface area contributed by atoms with E-state index >= 15 is 0 Å². The summed E-state index contributed by atoms with van der Waals surface area (Å²) in [6.07, 6.45) is 1.37. The summed E-state index contributed by atoms with van der Waals surface area (Å²) >= 11 is 0. The molecular formula is C9H9N7O2. The Kier molecular flexibility index (Phi) is 2.64. The van der Waals surface area contributed by atoms with Gasteiger partial charge in [0.15, 0.2) is 17.2 Å². The third-order valence-corrected chi connectivity index (χ3v) is 2.11. The molecule has 0 atom stereocenters. The van der Waals surface area contributed by atoms with E-state index in [1.807, 2.05) is 0 Å². The standard InChI is InChI=1S/C9H9N7O2/c10-4-3-16(15-7(4)9(12)18)6-2-1-5(8(11)17)13-14-6/h1-3H,10H2,(H2,11,17)(H2,12,18). The molecular weight excluding hydrogens is 238 g/mol. The Morgan fingerprint density at radius 1 is 1.11 bits per heavy atom. The molecule has 0 aliphatic heterocycles. The number of hydrogen-bond acceptors (Lipinski definition) is 6. The largest absolute Gasteiger partial charge is 0.396 e. The Hall–Kier alpha value is -2.97. The number of nitrogen functional groups attached to an aromatic ring is 1. The van der Waals surface area contributed by atoms with Crippen LogP contribution >= 0.6 is 0 Å². The smallest absolute Gasteiger partial charge is 0.271 e. The second-order valence-corrected chi connectivity index (χ2v) is 3.38. The van der Waals surface area contributed by atoms with Crippen molar-refractivity contribution in [1.29, 1.82) is 0 Å². The number of amides is 2. The van der Waals surface area contributed by atoms with E-state index in [1.165, 1.54) is 23.0 Å². The number of carbonyl (C=O) groups excluding carboxylic acids is 2. The molecule has 0 radical (unpaired) electrons. The first kappa shape index (κ1) is 11.5. The molecule has 0 bridgehead atoms. The van der Waals surface area contributed by atoms with Crippen LogP contribution in [0.4, 0.5) is 5.69 Å². The monoisotopic (exact) mass is 247 g/mol. The minimum atomic E-state index is -0.743. The van der Waals surface area contributed by atoms with Gasteiger partial charge in [-0.25, -0.2) is 4.68 Å². The van der Waals surface area contributed by atoms with Crippen molar-refractivity contribution in [3.05, 3.63) is 29.7 Å². The summed E-state index contributed by atoms with van der Waals surface area (Å²) < 4.78 is 1.23. The molecule has 0 aliphatic rings. The maximum absolute atomic E-state index is 11.0. The zero-order valence-electron chi connectivity index (χ0n) is 9.07. The highest BCUT2D eigenvalue weighted by atomic mass is 16.1. The molecule has 0 aliphatic carbocycles. The van der Waals surface area contributed by atoms with Crippen LogP contribution in [-0.4, -0.2) is 31.8 Å². The molecule has 18 heavy (non-hydrogen) atoms. The lowest BCUT2D eigenvalue weighted by Gasteiger charge is -1.99. The van der Waals surface area contributed by atoms with E-state index in [2.05, 4.69) is 15.3 Å². The van der Waals surface area contributed by atoms with Gasteiger partial charge in [-0.05, 0) is 12.1 Å². The van der Waals surface area contributed by atoms with E-state index < -0.39 is 11.8 Å². The van der Waals surface area contributed by atoms with Crippen molar-refractivity contribution in [3.8, 4) is 5.82 Å². The summed E-state index contributed by atoms with van der Waals surface area (Å²) in [6.45, 7) is 0. The first-order chi connectivity index (χ1) is 8.49. The maximum Gasteiger partial charge on any atom is 0.271 e. The molecule has 92 valence electrons. The van der Waals surface area contributed by atoms with Gasteiger partial charge >= 0.3 is 0 Å². The highest BCUT2D eigenvalue weighted by Gasteiger charge is 2.13. The van der Waals surface area contributed by atoms with E-state index in [4.69, 9.17) is 17.2 Å². The second kappa shape index (κ2) is 4.13. The second-order valence-electron chi connectivity index (χ2n) is 3.38. The topological polar surface area (TPSA) is 156 Å². The normalized spacial score (nSPS) is 10.2. The first-order valence-corrected chi connectivity index (χ1v) is 4.78. The van der Waals surface area contributed by atoms with Gasteiger partial charge in [-0.1, -0.05) is 0 Å². The van der Waals surface area contributed by atoms with Gasteiger partial charge in [-0.3, -0.25) is 9.59 Å². The predicted octanol–water partition coefficient (Wildman–Crippen LogP) is -1.56. The maximum atomic E-state index is 11.0. The predicted molar refractivity (Wildman–Crippen MR) is 60.6 cm³/mol. The number of aromatic nitrogens is 4. The number of nitrogens with zero attached hydrogens (tertiary/aromatic N) is 4. The highest BCUT2D eigenvalue weighted by Crippen LogP contribution is 2.11. The van der Waals surface area contributed by atoms with Gasteiger partial charge in [0.05, 0.1) is 11.9 Å². The summed E-state index contributed by atoms with van der Waals surface area (Å²) in [4.78, 5) is 21.8. The van der Waals surface area contributed by atoms with E-state index in [9.17, 15) is 9.59 Å². The van der Waals surface area contributed by atoms with Gasteiger partial charge in [0.1, 0.15) is 0 Å². The zero-order valence-corrected chi connectivity index (χ0v) is 9.07. The van der Waals surface area contributed by atoms with Crippen LogP contribution in [0.3, 0.4) is 0 Å². The minimum absolute atomic E-state index is 0.0222. The molecule has 2 rings (SSSR count). The summed E-state index contributed by atoms with van der Waals surface area (Å²) in [5, 5.41) is 11.2. The lowest BCUT2D eigenvalue weighted by molar-refractivity contribution is 0.0987. The van der Waals surface area contributed by atoms with Gasteiger partial charge in [0, 0.05) is 0 Å². The van der Waals surface area contributed by atoms with E-state index in [0.717, 1.165) is 0 Å². The average molecular weight is 247 g/mol. The Bertz CT molecular complexity index is 616.